The molecule has 3 nitrogen and oxygen atoms in total. The Morgan fingerprint density at radius 3 is 2.28 bits per heavy atom. The highest BCUT2D eigenvalue weighted by Gasteiger charge is 2.47. The van der Waals surface area contributed by atoms with Crippen molar-refractivity contribution in [2.45, 2.75) is 72.4 Å². The summed E-state index contributed by atoms with van der Waals surface area (Å²) in [5, 5.41) is 2.87. The molecule has 0 aliphatic carbocycles. The van der Waals surface area contributed by atoms with Gasteiger partial charge in [0.1, 0.15) is 6.33 Å². The summed E-state index contributed by atoms with van der Waals surface area (Å²) in [7, 11) is 0. The Hall–Kier alpha value is -2.84. The number of fused-ring (bicyclic) bond motifs is 2. The molecule has 0 amide bonds. The fourth-order valence-electron chi connectivity index (χ4n) is 4.89. The Bertz CT molecular complexity index is 1670. The minimum atomic E-state index is -4.30. The predicted octanol–water partition coefficient (Wildman–Crippen LogP) is 10.2. The number of hydrogen-bond acceptors (Lipinski definition) is 5. The van der Waals surface area contributed by atoms with Gasteiger partial charge in [-0.05, 0) is 39.8 Å². The molecule has 5 aromatic rings. The predicted molar refractivity (Wildman–Crippen MR) is 158 cm³/mol. The van der Waals surface area contributed by atoms with Gasteiger partial charge in [0.05, 0.1) is 36.1 Å². The van der Waals surface area contributed by atoms with Crippen LogP contribution < -0.4 is 0 Å². The second kappa shape index (κ2) is 9.66. The molecule has 0 fully saturated rings. The number of hydrogen-bond donors (Lipinski definition) is 0. The highest BCUT2D eigenvalue weighted by molar-refractivity contribution is 7.26. The smallest absolute Gasteiger partial charge is 0.249 e. The third-order valence-electron chi connectivity index (χ3n) is 7.17. The maximum absolute atomic E-state index is 13.5. The van der Waals surface area contributed by atoms with E-state index < -0.39 is 11.6 Å². The summed E-state index contributed by atoms with van der Waals surface area (Å²) < 4.78 is 41.6. The van der Waals surface area contributed by atoms with Crippen molar-refractivity contribution in [1.29, 1.82) is 0 Å². The Morgan fingerprint density at radius 2 is 1.62 bits per heavy atom. The molecule has 0 bridgehead atoms. The summed E-state index contributed by atoms with van der Waals surface area (Å²) in [6, 6.07) is 12.8. The van der Waals surface area contributed by atoms with Crippen molar-refractivity contribution in [3.05, 3.63) is 65.1 Å². The van der Waals surface area contributed by atoms with E-state index in [1.165, 1.54) is 36.1 Å². The Labute approximate surface area is 235 Å². The molecule has 5 rings (SSSR count). The van der Waals surface area contributed by atoms with Gasteiger partial charge in [-0.15, -0.1) is 22.7 Å². The maximum Gasteiger partial charge on any atom is 0.394 e. The van der Waals surface area contributed by atoms with Crippen LogP contribution in [0.2, 0.25) is 0 Å². The lowest BCUT2D eigenvalue weighted by Crippen LogP contribution is -2.34. The molecule has 0 unspecified atom stereocenters. The number of alkyl halides is 3. The van der Waals surface area contributed by atoms with Gasteiger partial charge in [-0.2, -0.15) is 13.2 Å². The van der Waals surface area contributed by atoms with Crippen LogP contribution in [-0.2, 0) is 11.8 Å². The van der Waals surface area contributed by atoms with Gasteiger partial charge in [0, 0.05) is 23.7 Å². The zero-order valence-electron chi connectivity index (χ0n) is 23.2. The lowest BCUT2D eigenvalue weighted by atomic mass is 9.82. The zero-order valence-corrected chi connectivity index (χ0v) is 24.8. The summed E-state index contributed by atoms with van der Waals surface area (Å²) >= 11 is 2.94. The SMILES string of the molecule is CC(C)c1c(-c2cnc(CC(C)(C)C(F)(F)F)s2)sc2c(-c3cc(C(C)(C)C)c4ccccc4c3)ncnc12. The molecule has 0 spiro atoms. The minimum Gasteiger partial charge on any atom is -0.249 e. The van der Waals surface area contributed by atoms with Gasteiger partial charge in [0.2, 0.25) is 0 Å². The van der Waals surface area contributed by atoms with Crippen molar-refractivity contribution >= 4 is 43.7 Å². The van der Waals surface area contributed by atoms with Gasteiger partial charge in [-0.25, -0.2) is 15.0 Å². The van der Waals surface area contributed by atoms with Gasteiger partial charge >= 0.3 is 6.18 Å². The highest BCUT2D eigenvalue weighted by Crippen LogP contribution is 2.48. The molecule has 0 N–H and O–H groups in total. The topological polar surface area (TPSA) is 38.7 Å². The lowest BCUT2D eigenvalue weighted by molar-refractivity contribution is -0.211. The summed E-state index contributed by atoms with van der Waals surface area (Å²) in [6.45, 7) is 13.3. The number of benzene rings is 2. The van der Waals surface area contributed by atoms with Crippen molar-refractivity contribution in [2.75, 3.05) is 0 Å². The number of rotatable bonds is 5. The molecule has 0 aliphatic heterocycles. The van der Waals surface area contributed by atoms with E-state index in [0.717, 1.165) is 42.2 Å². The summed E-state index contributed by atoms with van der Waals surface area (Å²) in [5.74, 6) is 0.162. The van der Waals surface area contributed by atoms with Crippen molar-refractivity contribution < 1.29 is 13.2 Å². The number of aromatic nitrogens is 3. The molecule has 8 heteroatoms. The van der Waals surface area contributed by atoms with Crippen LogP contribution in [0.4, 0.5) is 13.2 Å². The third kappa shape index (κ3) is 5.09. The van der Waals surface area contributed by atoms with E-state index >= 15 is 0 Å². The van der Waals surface area contributed by atoms with Crippen LogP contribution in [0.1, 0.15) is 70.5 Å². The van der Waals surface area contributed by atoms with Gasteiger partial charge < -0.3 is 0 Å². The Balaban J connectivity index is 1.68. The van der Waals surface area contributed by atoms with Crippen LogP contribution in [0.25, 0.3) is 42.0 Å². The zero-order chi connectivity index (χ0) is 28.3. The summed E-state index contributed by atoms with van der Waals surface area (Å²) in [5.41, 5.74) is 3.23. The van der Waals surface area contributed by atoms with E-state index in [1.807, 2.05) is 0 Å². The van der Waals surface area contributed by atoms with E-state index in [9.17, 15) is 13.2 Å². The first-order chi connectivity index (χ1) is 18.2. The third-order valence-corrected chi connectivity index (χ3v) is 9.55. The van der Waals surface area contributed by atoms with Crippen LogP contribution in [0.15, 0.2) is 48.9 Å². The quantitative estimate of drug-likeness (QED) is 0.212. The van der Waals surface area contributed by atoms with Crippen molar-refractivity contribution in [3.8, 4) is 21.0 Å². The van der Waals surface area contributed by atoms with Gasteiger partial charge in [0.25, 0.3) is 0 Å². The molecule has 2 aromatic carbocycles. The summed E-state index contributed by atoms with van der Waals surface area (Å²) in [4.78, 5) is 15.7. The molecule has 0 atom stereocenters. The second-order valence-electron chi connectivity index (χ2n) is 12.1. The summed E-state index contributed by atoms with van der Waals surface area (Å²) in [6.07, 6.45) is -1.11. The van der Waals surface area contributed by atoms with E-state index in [0.29, 0.717) is 5.01 Å². The normalized spacial score (nSPS) is 13.2. The van der Waals surface area contributed by atoms with E-state index in [4.69, 9.17) is 9.97 Å². The average molecular weight is 568 g/mol. The molecule has 0 aliphatic rings. The first kappa shape index (κ1) is 27.7. The molecule has 39 heavy (non-hydrogen) atoms. The monoisotopic (exact) mass is 567 g/mol. The van der Waals surface area contributed by atoms with Crippen LogP contribution >= 0.6 is 22.7 Å². The number of nitrogens with zero attached hydrogens (tertiary/aromatic N) is 3. The number of thiophene rings is 1. The molecular formula is C31H32F3N3S2. The van der Waals surface area contributed by atoms with Crippen molar-refractivity contribution in [3.63, 3.8) is 0 Å². The molecular weight excluding hydrogens is 535 g/mol. The molecule has 3 aromatic heterocycles. The second-order valence-corrected chi connectivity index (χ2v) is 14.2. The highest BCUT2D eigenvalue weighted by atomic mass is 32.1. The lowest BCUT2D eigenvalue weighted by Gasteiger charge is -2.26. The average Bonchev–Trinajstić information content (AvgIpc) is 3.46. The largest absolute Gasteiger partial charge is 0.394 e. The van der Waals surface area contributed by atoms with Crippen LogP contribution in [0.3, 0.4) is 0 Å². The van der Waals surface area contributed by atoms with Gasteiger partial charge in [-0.1, -0.05) is 72.7 Å². The van der Waals surface area contributed by atoms with Crippen molar-refractivity contribution in [1.82, 2.24) is 15.0 Å². The fraction of sp³-hybridized carbons (Fsp3) is 0.387. The van der Waals surface area contributed by atoms with Crippen molar-refractivity contribution in [2.24, 2.45) is 5.41 Å². The van der Waals surface area contributed by atoms with E-state index in [-0.39, 0.29) is 17.8 Å². The first-order valence-corrected chi connectivity index (χ1v) is 14.6. The minimum absolute atomic E-state index is 0.0608. The van der Waals surface area contributed by atoms with Gasteiger partial charge in [0.15, 0.2) is 0 Å². The Kier molecular flexibility index (Phi) is 6.87. The molecule has 3 heterocycles. The maximum atomic E-state index is 13.5. The molecule has 0 saturated carbocycles. The van der Waals surface area contributed by atoms with Crippen LogP contribution in [0, 0.1) is 5.41 Å². The van der Waals surface area contributed by atoms with E-state index in [2.05, 4.69) is 76.0 Å². The number of thiazole rings is 1. The first-order valence-electron chi connectivity index (χ1n) is 13.0. The van der Waals surface area contributed by atoms with Crippen LogP contribution in [-0.4, -0.2) is 21.1 Å². The fourth-order valence-corrected chi connectivity index (χ4v) is 7.57. The Morgan fingerprint density at radius 1 is 0.897 bits per heavy atom. The standard InChI is InChI=1S/C31H32F3N3S2/c1-17(2)24-26-28(39-27(24)22-15-35-23(38-22)14-30(6,7)31(32,33)34)25(36-16-37-26)19-12-18-10-8-9-11-20(18)21(13-19)29(3,4)5/h8-13,15-17H,14H2,1-7H3. The molecule has 0 radical (unpaired) electrons. The van der Waals surface area contributed by atoms with Gasteiger partial charge in [-0.3, -0.25) is 0 Å². The van der Waals surface area contributed by atoms with E-state index in [1.54, 1.807) is 23.9 Å². The number of halogens is 3. The molecule has 0 saturated heterocycles. The molecule has 204 valence electrons. The van der Waals surface area contributed by atoms with Crippen LogP contribution in [0.5, 0.6) is 0 Å².